The van der Waals surface area contributed by atoms with E-state index in [2.05, 4.69) is 0 Å². The smallest absolute Gasteiger partial charge is 0.211 e. The van der Waals surface area contributed by atoms with Crippen molar-refractivity contribution in [3.63, 3.8) is 0 Å². The first-order valence-electron chi connectivity index (χ1n) is 3.63. The number of hydrogen-bond acceptors (Lipinski definition) is 3. The first-order valence-corrected chi connectivity index (χ1v) is 5.35. The summed E-state index contributed by atoms with van der Waals surface area (Å²) in [4.78, 5) is 0. The van der Waals surface area contributed by atoms with Gasteiger partial charge in [0.05, 0.1) is 18.0 Å². The van der Waals surface area contributed by atoms with Crippen molar-refractivity contribution < 1.29 is 13.2 Å². The summed E-state index contributed by atoms with van der Waals surface area (Å²) in [6.45, 7) is 1.93. The highest BCUT2D eigenvalue weighted by molar-refractivity contribution is 7.89. The van der Waals surface area contributed by atoms with Crippen molar-refractivity contribution >= 4 is 10.0 Å². The van der Waals surface area contributed by atoms with Gasteiger partial charge in [0.2, 0.25) is 10.0 Å². The second-order valence-electron chi connectivity index (χ2n) is 2.98. The molecule has 0 aromatic rings. The van der Waals surface area contributed by atoms with Crippen molar-refractivity contribution in [3.8, 4) is 0 Å². The fourth-order valence-corrected chi connectivity index (χ4v) is 2.03. The third-order valence-electron chi connectivity index (χ3n) is 1.74. The molecule has 2 N–H and O–H groups in total. The Morgan fingerprint density at radius 3 is 2.55 bits per heavy atom. The minimum atomic E-state index is -3.36. The Morgan fingerprint density at radius 1 is 1.55 bits per heavy atom. The molecule has 0 radical (unpaired) electrons. The van der Waals surface area contributed by atoms with E-state index >= 15 is 0 Å². The van der Waals surface area contributed by atoms with E-state index in [1.165, 1.54) is 0 Å². The van der Waals surface area contributed by atoms with Crippen LogP contribution in [-0.2, 0) is 14.8 Å². The van der Waals surface area contributed by atoms with Gasteiger partial charge in [0.25, 0.3) is 0 Å². The van der Waals surface area contributed by atoms with E-state index < -0.39 is 10.0 Å². The lowest BCUT2D eigenvalue weighted by Gasteiger charge is -2.08. The summed E-state index contributed by atoms with van der Waals surface area (Å²) in [6, 6.07) is 0. The maximum atomic E-state index is 10.6. The first kappa shape index (κ1) is 8.96. The number of nitrogens with two attached hydrogens (primary N) is 1. The monoisotopic (exact) mass is 179 g/mol. The molecule has 1 aliphatic heterocycles. The van der Waals surface area contributed by atoms with Crippen LogP contribution < -0.4 is 5.14 Å². The molecule has 4 nitrogen and oxygen atoms in total. The van der Waals surface area contributed by atoms with E-state index in [-0.39, 0.29) is 18.0 Å². The van der Waals surface area contributed by atoms with E-state index in [9.17, 15) is 8.42 Å². The van der Waals surface area contributed by atoms with E-state index in [0.29, 0.717) is 0 Å². The van der Waals surface area contributed by atoms with Crippen LogP contribution in [0.15, 0.2) is 0 Å². The van der Waals surface area contributed by atoms with Gasteiger partial charge < -0.3 is 4.74 Å². The molecular formula is C6H13NO3S. The van der Waals surface area contributed by atoms with Crippen LogP contribution in [0, 0.1) is 0 Å². The Labute approximate surface area is 66.8 Å². The molecule has 1 aliphatic rings. The highest BCUT2D eigenvalue weighted by Crippen LogP contribution is 2.19. The van der Waals surface area contributed by atoms with Crippen molar-refractivity contribution in [2.45, 2.75) is 32.0 Å². The minimum Gasteiger partial charge on any atom is -0.374 e. The molecule has 2 unspecified atom stereocenters. The van der Waals surface area contributed by atoms with Crippen LogP contribution in [-0.4, -0.2) is 26.4 Å². The zero-order valence-corrected chi connectivity index (χ0v) is 7.30. The summed E-state index contributed by atoms with van der Waals surface area (Å²) in [7, 11) is -3.36. The molecule has 5 heteroatoms. The highest BCUT2D eigenvalue weighted by atomic mass is 32.2. The van der Waals surface area contributed by atoms with Crippen LogP contribution in [0.2, 0.25) is 0 Å². The summed E-state index contributed by atoms with van der Waals surface area (Å²) in [5.74, 6) is -0.0443. The van der Waals surface area contributed by atoms with Crippen LogP contribution >= 0.6 is 0 Å². The fourth-order valence-electron chi connectivity index (χ4n) is 1.27. The van der Waals surface area contributed by atoms with E-state index in [1.807, 2.05) is 6.92 Å². The second-order valence-corrected chi connectivity index (χ2v) is 4.63. The zero-order valence-electron chi connectivity index (χ0n) is 6.49. The quantitative estimate of drug-likeness (QED) is 0.640. The molecule has 11 heavy (non-hydrogen) atoms. The second kappa shape index (κ2) is 3.08. The summed E-state index contributed by atoms with van der Waals surface area (Å²) < 4.78 is 26.5. The minimum absolute atomic E-state index is 0.0443. The molecule has 1 fully saturated rings. The van der Waals surface area contributed by atoms with Gasteiger partial charge in [-0.2, -0.15) is 0 Å². The average molecular weight is 179 g/mol. The highest BCUT2D eigenvalue weighted by Gasteiger charge is 2.25. The summed E-state index contributed by atoms with van der Waals surface area (Å²) >= 11 is 0. The topological polar surface area (TPSA) is 69.4 Å². The van der Waals surface area contributed by atoms with Crippen molar-refractivity contribution in [3.05, 3.63) is 0 Å². The maximum Gasteiger partial charge on any atom is 0.211 e. The molecule has 1 saturated heterocycles. The Balaban J connectivity index is 2.41. The van der Waals surface area contributed by atoms with Crippen molar-refractivity contribution in [1.29, 1.82) is 0 Å². The van der Waals surface area contributed by atoms with Crippen LogP contribution in [0.1, 0.15) is 19.8 Å². The van der Waals surface area contributed by atoms with Crippen LogP contribution in [0.5, 0.6) is 0 Å². The first-order chi connectivity index (χ1) is 4.97. The van der Waals surface area contributed by atoms with Gasteiger partial charge in [0.1, 0.15) is 0 Å². The largest absolute Gasteiger partial charge is 0.374 e. The van der Waals surface area contributed by atoms with Gasteiger partial charge in [-0.05, 0) is 19.8 Å². The van der Waals surface area contributed by atoms with Crippen molar-refractivity contribution in [2.24, 2.45) is 5.14 Å². The number of ether oxygens (including phenoxy) is 1. The molecule has 0 bridgehead atoms. The van der Waals surface area contributed by atoms with E-state index in [0.717, 1.165) is 12.8 Å². The molecule has 0 amide bonds. The lowest BCUT2D eigenvalue weighted by Crippen LogP contribution is -2.26. The number of sulfonamides is 1. The van der Waals surface area contributed by atoms with Gasteiger partial charge in [-0.15, -0.1) is 0 Å². The standard InChI is InChI=1S/C6H13NO3S/c1-5-2-3-6(10-5)4-11(7,8)9/h5-6H,2-4H2,1H3,(H2,7,8,9). The van der Waals surface area contributed by atoms with Crippen LogP contribution in [0.4, 0.5) is 0 Å². The lowest BCUT2D eigenvalue weighted by molar-refractivity contribution is 0.0690. The third kappa shape index (κ3) is 3.18. The molecule has 2 atom stereocenters. The molecule has 0 aromatic carbocycles. The number of hydrogen-bond donors (Lipinski definition) is 1. The Hall–Kier alpha value is -0.130. The van der Waals surface area contributed by atoms with Crippen LogP contribution in [0.25, 0.3) is 0 Å². The van der Waals surface area contributed by atoms with Crippen LogP contribution in [0.3, 0.4) is 0 Å². The third-order valence-corrected chi connectivity index (χ3v) is 2.57. The number of primary sulfonamides is 1. The van der Waals surface area contributed by atoms with Gasteiger partial charge in [-0.1, -0.05) is 0 Å². The van der Waals surface area contributed by atoms with Gasteiger partial charge in [0, 0.05) is 0 Å². The van der Waals surface area contributed by atoms with Gasteiger partial charge in [-0.3, -0.25) is 0 Å². The van der Waals surface area contributed by atoms with Crippen molar-refractivity contribution in [1.82, 2.24) is 0 Å². The normalized spacial score (nSPS) is 32.5. The Morgan fingerprint density at radius 2 is 2.18 bits per heavy atom. The fraction of sp³-hybridized carbons (Fsp3) is 1.00. The Kier molecular flexibility index (Phi) is 2.51. The summed E-state index contributed by atoms with van der Waals surface area (Å²) in [6.07, 6.45) is 1.74. The molecule has 0 aliphatic carbocycles. The molecule has 1 rings (SSSR count). The molecule has 1 heterocycles. The molecule has 0 spiro atoms. The number of rotatable bonds is 2. The Bertz CT molecular complexity index is 224. The molecule has 0 aromatic heterocycles. The maximum absolute atomic E-state index is 10.6. The molecule has 0 saturated carbocycles. The van der Waals surface area contributed by atoms with E-state index in [4.69, 9.17) is 9.88 Å². The van der Waals surface area contributed by atoms with Gasteiger partial charge in [0.15, 0.2) is 0 Å². The average Bonchev–Trinajstić information content (AvgIpc) is 2.10. The summed E-state index contributed by atoms with van der Waals surface area (Å²) in [5.41, 5.74) is 0. The van der Waals surface area contributed by atoms with Gasteiger partial charge >= 0.3 is 0 Å². The summed E-state index contributed by atoms with van der Waals surface area (Å²) in [5, 5.41) is 4.85. The molecule has 66 valence electrons. The van der Waals surface area contributed by atoms with Crippen molar-refractivity contribution in [2.75, 3.05) is 5.75 Å². The zero-order chi connectivity index (χ0) is 8.48. The van der Waals surface area contributed by atoms with E-state index in [1.54, 1.807) is 0 Å². The lowest BCUT2D eigenvalue weighted by atomic mass is 10.2. The predicted octanol–water partition coefficient (Wildman–Crippen LogP) is -0.158. The van der Waals surface area contributed by atoms with Gasteiger partial charge in [-0.25, -0.2) is 13.6 Å². The molecular weight excluding hydrogens is 166 g/mol. The SMILES string of the molecule is CC1CCC(CS(N)(=O)=O)O1. The predicted molar refractivity (Wildman–Crippen MR) is 41.5 cm³/mol.